The van der Waals surface area contributed by atoms with E-state index < -0.39 is 6.04 Å². The molecular formula is C21H18N4O3S. The summed E-state index contributed by atoms with van der Waals surface area (Å²) in [5.74, 6) is -0.228. The molecule has 0 radical (unpaired) electrons. The monoisotopic (exact) mass is 406 g/mol. The molecule has 7 nitrogen and oxygen atoms in total. The van der Waals surface area contributed by atoms with Gasteiger partial charge in [0.25, 0.3) is 5.91 Å². The lowest BCUT2D eigenvalue weighted by Gasteiger charge is -2.22. The fraction of sp³-hybridized carbons (Fsp3) is 0.190. The van der Waals surface area contributed by atoms with Crippen molar-refractivity contribution in [2.24, 2.45) is 0 Å². The third kappa shape index (κ3) is 3.21. The minimum atomic E-state index is -0.520. The Bertz CT molecular complexity index is 1180. The molecule has 2 N–H and O–H groups in total. The summed E-state index contributed by atoms with van der Waals surface area (Å²) >= 11 is 1.37. The van der Waals surface area contributed by atoms with Crippen LogP contribution >= 0.6 is 11.3 Å². The van der Waals surface area contributed by atoms with Crippen molar-refractivity contribution in [2.75, 3.05) is 11.9 Å². The standard InChI is InChI=1S/C21H18N4O3S/c26-19(17-7-3-9-25(17)20(27)18-8-4-10-28-18)24-21-23-16(12-29-21)14-11-22-15-6-2-1-5-13(14)15/h1-2,4-6,8,10-12,17,22H,3,7,9H2,(H,23,24,26)/t17-/m1/s1. The average molecular weight is 406 g/mol. The maximum atomic E-state index is 12.8. The van der Waals surface area contributed by atoms with Crippen molar-refractivity contribution in [1.29, 1.82) is 0 Å². The predicted octanol–water partition coefficient (Wildman–Crippen LogP) is 4.13. The number of likely N-dealkylation sites (tertiary alicyclic amines) is 1. The van der Waals surface area contributed by atoms with Crippen molar-refractivity contribution < 1.29 is 14.0 Å². The Kier molecular flexibility index (Phi) is 4.40. The van der Waals surface area contributed by atoms with E-state index in [2.05, 4.69) is 15.3 Å². The number of benzene rings is 1. The fourth-order valence-corrected chi connectivity index (χ4v) is 4.46. The van der Waals surface area contributed by atoms with Gasteiger partial charge in [0.05, 0.1) is 12.0 Å². The van der Waals surface area contributed by atoms with Crippen LogP contribution in [-0.4, -0.2) is 39.3 Å². The maximum Gasteiger partial charge on any atom is 0.290 e. The van der Waals surface area contributed by atoms with Crippen molar-refractivity contribution in [1.82, 2.24) is 14.9 Å². The number of para-hydroxylation sites is 1. The summed E-state index contributed by atoms with van der Waals surface area (Å²) in [7, 11) is 0. The fourth-order valence-electron chi connectivity index (χ4n) is 3.75. The zero-order chi connectivity index (χ0) is 19.8. The van der Waals surface area contributed by atoms with E-state index in [4.69, 9.17) is 4.42 Å². The number of furan rings is 1. The molecule has 0 aliphatic carbocycles. The van der Waals surface area contributed by atoms with E-state index in [-0.39, 0.29) is 17.6 Å². The van der Waals surface area contributed by atoms with Crippen molar-refractivity contribution >= 4 is 39.2 Å². The highest BCUT2D eigenvalue weighted by Crippen LogP contribution is 2.31. The van der Waals surface area contributed by atoms with Crippen LogP contribution in [0.15, 0.2) is 58.7 Å². The molecule has 5 rings (SSSR count). The van der Waals surface area contributed by atoms with Gasteiger partial charge in [-0.3, -0.25) is 9.59 Å². The lowest BCUT2D eigenvalue weighted by molar-refractivity contribution is -0.119. The van der Waals surface area contributed by atoms with E-state index in [0.29, 0.717) is 18.1 Å². The normalized spacial score (nSPS) is 16.4. The minimum absolute atomic E-state index is 0.220. The van der Waals surface area contributed by atoms with Gasteiger partial charge in [0, 0.05) is 34.6 Å². The first-order valence-electron chi connectivity index (χ1n) is 9.38. The van der Waals surface area contributed by atoms with Crippen LogP contribution < -0.4 is 5.32 Å². The Labute approximate surface area is 170 Å². The van der Waals surface area contributed by atoms with Gasteiger partial charge in [0.1, 0.15) is 6.04 Å². The number of hydrogen-bond acceptors (Lipinski definition) is 5. The van der Waals surface area contributed by atoms with E-state index in [0.717, 1.165) is 28.6 Å². The first kappa shape index (κ1) is 17.7. The molecule has 1 aromatic carbocycles. The predicted molar refractivity (Wildman–Crippen MR) is 111 cm³/mol. The molecule has 146 valence electrons. The zero-order valence-corrected chi connectivity index (χ0v) is 16.2. The number of fused-ring (bicyclic) bond motifs is 1. The van der Waals surface area contributed by atoms with Crippen LogP contribution in [-0.2, 0) is 4.79 Å². The Morgan fingerprint density at radius 3 is 3.00 bits per heavy atom. The summed E-state index contributed by atoms with van der Waals surface area (Å²) in [4.78, 5) is 34.8. The number of rotatable bonds is 4. The topological polar surface area (TPSA) is 91.2 Å². The molecule has 0 saturated carbocycles. The molecule has 1 atom stereocenters. The third-order valence-electron chi connectivity index (χ3n) is 5.15. The summed E-state index contributed by atoms with van der Waals surface area (Å²) in [6.07, 6.45) is 4.79. The molecule has 1 aliphatic rings. The molecule has 4 heterocycles. The largest absolute Gasteiger partial charge is 0.459 e. The second-order valence-corrected chi connectivity index (χ2v) is 7.77. The number of aromatic nitrogens is 2. The highest BCUT2D eigenvalue weighted by atomic mass is 32.1. The van der Waals surface area contributed by atoms with Gasteiger partial charge in [-0.2, -0.15) is 0 Å². The Balaban J connectivity index is 1.33. The summed E-state index contributed by atoms with van der Waals surface area (Å²) < 4.78 is 5.20. The lowest BCUT2D eigenvalue weighted by atomic mass is 10.1. The molecule has 2 amide bonds. The van der Waals surface area contributed by atoms with Crippen LogP contribution in [0.3, 0.4) is 0 Å². The number of nitrogens with zero attached hydrogens (tertiary/aromatic N) is 2. The average Bonchev–Trinajstić information content (AvgIpc) is 3.53. The molecule has 4 aromatic rings. The van der Waals surface area contributed by atoms with Gasteiger partial charge in [-0.25, -0.2) is 4.98 Å². The Morgan fingerprint density at radius 1 is 1.24 bits per heavy atom. The quantitative estimate of drug-likeness (QED) is 0.533. The second kappa shape index (κ2) is 7.21. The first-order valence-corrected chi connectivity index (χ1v) is 10.3. The van der Waals surface area contributed by atoms with Crippen LogP contribution in [0.25, 0.3) is 22.2 Å². The summed E-state index contributed by atoms with van der Waals surface area (Å²) in [5, 5.41) is 6.41. The van der Waals surface area contributed by atoms with Crippen LogP contribution in [0.2, 0.25) is 0 Å². The molecule has 0 unspecified atom stereocenters. The molecule has 1 aliphatic heterocycles. The van der Waals surface area contributed by atoms with Crippen molar-refractivity contribution in [3.8, 4) is 11.3 Å². The minimum Gasteiger partial charge on any atom is -0.459 e. The molecule has 0 bridgehead atoms. The van der Waals surface area contributed by atoms with Crippen molar-refractivity contribution in [2.45, 2.75) is 18.9 Å². The van der Waals surface area contributed by atoms with Crippen LogP contribution in [0.4, 0.5) is 5.13 Å². The molecule has 1 fully saturated rings. The van der Waals surface area contributed by atoms with Gasteiger partial charge in [0.2, 0.25) is 5.91 Å². The molecule has 29 heavy (non-hydrogen) atoms. The van der Waals surface area contributed by atoms with Gasteiger partial charge in [-0.1, -0.05) is 18.2 Å². The summed E-state index contributed by atoms with van der Waals surface area (Å²) in [5.41, 5.74) is 2.84. The first-order chi connectivity index (χ1) is 14.2. The van der Waals surface area contributed by atoms with E-state index in [1.54, 1.807) is 17.0 Å². The number of anilines is 1. The Morgan fingerprint density at radius 2 is 2.14 bits per heavy atom. The molecule has 8 heteroatoms. The number of thiazole rings is 1. The van der Waals surface area contributed by atoms with Crippen molar-refractivity contribution in [3.05, 3.63) is 60.0 Å². The van der Waals surface area contributed by atoms with E-state index in [1.165, 1.54) is 17.6 Å². The molecule has 0 spiro atoms. The summed E-state index contributed by atoms with van der Waals surface area (Å²) in [6.45, 7) is 0.538. The zero-order valence-electron chi connectivity index (χ0n) is 15.4. The van der Waals surface area contributed by atoms with Gasteiger partial charge in [-0.05, 0) is 31.0 Å². The number of H-pyrrole nitrogens is 1. The van der Waals surface area contributed by atoms with Gasteiger partial charge >= 0.3 is 0 Å². The highest BCUT2D eigenvalue weighted by molar-refractivity contribution is 7.14. The molecular weight excluding hydrogens is 388 g/mol. The summed E-state index contributed by atoms with van der Waals surface area (Å²) in [6, 6.07) is 10.8. The maximum absolute atomic E-state index is 12.8. The van der Waals surface area contributed by atoms with Crippen LogP contribution in [0.1, 0.15) is 23.4 Å². The smallest absolute Gasteiger partial charge is 0.290 e. The number of aromatic amines is 1. The van der Waals surface area contributed by atoms with Gasteiger partial charge < -0.3 is 19.6 Å². The number of hydrogen-bond donors (Lipinski definition) is 2. The lowest BCUT2D eigenvalue weighted by Crippen LogP contribution is -2.43. The molecule has 3 aromatic heterocycles. The SMILES string of the molecule is O=C(Nc1nc(-c2c[nH]c3ccccc23)cs1)[C@H]1CCCN1C(=O)c1ccco1. The van der Waals surface area contributed by atoms with Crippen LogP contribution in [0.5, 0.6) is 0 Å². The molecule has 1 saturated heterocycles. The van der Waals surface area contributed by atoms with E-state index in [1.807, 2.05) is 35.8 Å². The van der Waals surface area contributed by atoms with Gasteiger partial charge in [-0.15, -0.1) is 11.3 Å². The van der Waals surface area contributed by atoms with E-state index in [9.17, 15) is 9.59 Å². The highest BCUT2D eigenvalue weighted by Gasteiger charge is 2.35. The van der Waals surface area contributed by atoms with E-state index >= 15 is 0 Å². The van der Waals surface area contributed by atoms with Crippen molar-refractivity contribution in [3.63, 3.8) is 0 Å². The Hall–Kier alpha value is -3.39. The number of amides is 2. The second-order valence-electron chi connectivity index (χ2n) is 6.91. The third-order valence-corrected chi connectivity index (χ3v) is 5.91. The van der Waals surface area contributed by atoms with Crippen LogP contribution in [0, 0.1) is 0 Å². The number of carbonyl (C=O) groups excluding carboxylic acids is 2. The van der Waals surface area contributed by atoms with Gasteiger partial charge in [0.15, 0.2) is 10.9 Å². The number of carbonyl (C=O) groups is 2. The number of nitrogens with one attached hydrogen (secondary N) is 2.